The lowest BCUT2D eigenvalue weighted by molar-refractivity contribution is 0.0383. The van der Waals surface area contributed by atoms with Crippen molar-refractivity contribution in [3.63, 3.8) is 0 Å². The van der Waals surface area contributed by atoms with Gasteiger partial charge in [-0.05, 0) is 0 Å². The summed E-state index contributed by atoms with van der Waals surface area (Å²) in [6.07, 6.45) is 1.19. The van der Waals surface area contributed by atoms with Crippen LogP contribution in [-0.2, 0) is 4.74 Å². The SMILES string of the molecule is O=C(NCCN1CCOCC1)c1nc[nH]c1C(=O)O. The van der Waals surface area contributed by atoms with Crippen molar-refractivity contribution >= 4 is 11.9 Å². The number of carboxylic acids is 1. The second kappa shape index (κ2) is 6.30. The van der Waals surface area contributed by atoms with E-state index in [9.17, 15) is 9.59 Å². The number of ether oxygens (including phenoxy) is 1. The number of carbonyl (C=O) groups excluding carboxylic acids is 1. The number of morpholine rings is 1. The molecule has 104 valence electrons. The van der Waals surface area contributed by atoms with E-state index in [0.29, 0.717) is 26.3 Å². The maximum Gasteiger partial charge on any atom is 0.354 e. The Hall–Kier alpha value is -1.93. The summed E-state index contributed by atoms with van der Waals surface area (Å²) >= 11 is 0. The zero-order valence-electron chi connectivity index (χ0n) is 10.4. The summed E-state index contributed by atoms with van der Waals surface area (Å²) in [6.45, 7) is 4.26. The molecule has 0 bridgehead atoms. The second-order valence-electron chi connectivity index (χ2n) is 4.14. The van der Waals surface area contributed by atoms with Crippen LogP contribution < -0.4 is 5.32 Å². The van der Waals surface area contributed by atoms with Gasteiger partial charge in [-0.2, -0.15) is 0 Å². The van der Waals surface area contributed by atoms with E-state index in [1.165, 1.54) is 6.33 Å². The van der Waals surface area contributed by atoms with Gasteiger partial charge in [0.2, 0.25) is 0 Å². The van der Waals surface area contributed by atoms with E-state index in [1.54, 1.807) is 0 Å². The van der Waals surface area contributed by atoms with Gasteiger partial charge in [0.1, 0.15) is 0 Å². The number of hydrogen-bond acceptors (Lipinski definition) is 5. The number of rotatable bonds is 5. The molecule has 1 aliphatic heterocycles. The van der Waals surface area contributed by atoms with Crippen LogP contribution >= 0.6 is 0 Å². The Morgan fingerprint density at radius 3 is 2.89 bits per heavy atom. The molecule has 0 saturated carbocycles. The summed E-state index contributed by atoms with van der Waals surface area (Å²) < 4.78 is 5.22. The molecule has 1 fully saturated rings. The van der Waals surface area contributed by atoms with Crippen LogP contribution in [-0.4, -0.2) is 71.2 Å². The molecule has 0 radical (unpaired) electrons. The molecule has 0 aromatic carbocycles. The van der Waals surface area contributed by atoms with Crippen molar-refractivity contribution in [1.82, 2.24) is 20.2 Å². The van der Waals surface area contributed by atoms with E-state index in [1.807, 2.05) is 0 Å². The Balaban J connectivity index is 1.80. The van der Waals surface area contributed by atoms with Crippen molar-refractivity contribution in [2.45, 2.75) is 0 Å². The molecule has 1 amide bonds. The Bertz CT molecular complexity index is 453. The summed E-state index contributed by atoms with van der Waals surface area (Å²) in [6, 6.07) is 0. The van der Waals surface area contributed by atoms with Gasteiger partial charge >= 0.3 is 5.97 Å². The third-order valence-corrected chi connectivity index (χ3v) is 2.89. The maximum atomic E-state index is 11.8. The second-order valence-corrected chi connectivity index (χ2v) is 4.14. The Kier molecular flexibility index (Phi) is 4.48. The first kappa shape index (κ1) is 13.5. The van der Waals surface area contributed by atoms with E-state index in [4.69, 9.17) is 9.84 Å². The zero-order valence-corrected chi connectivity index (χ0v) is 10.4. The van der Waals surface area contributed by atoms with E-state index in [-0.39, 0.29) is 11.4 Å². The average molecular weight is 268 g/mol. The number of aromatic amines is 1. The number of carboxylic acid groups (broad SMARTS) is 1. The Labute approximate surface area is 109 Å². The van der Waals surface area contributed by atoms with Crippen LogP contribution in [0.25, 0.3) is 0 Å². The van der Waals surface area contributed by atoms with Crippen molar-refractivity contribution in [3.05, 3.63) is 17.7 Å². The van der Waals surface area contributed by atoms with Gasteiger partial charge in [0.25, 0.3) is 5.91 Å². The summed E-state index contributed by atoms with van der Waals surface area (Å²) in [5, 5.41) is 11.5. The normalized spacial score (nSPS) is 16.2. The molecule has 0 unspecified atom stereocenters. The van der Waals surface area contributed by atoms with Crippen LogP contribution in [0.3, 0.4) is 0 Å². The highest BCUT2D eigenvalue weighted by Crippen LogP contribution is 2.02. The maximum absolute atomic E-state index is 11.8. The van der Waals surface area contributed by atoms with Crippen LogP contribution in [0.15, 0.2) is 6.33 Å². The molecule has 1 aliphatic rings. The highest BCUT2D eigenvalue weighted by Gasteiger charge is 2.19. The molecule has 0 atom stereocenters. The van der Waals surface area contributed by atoms with Crippen molar-refractivity contribution in [3.8, 4) is 0 Å². The fraction of sp³-hybridized carbons (Fsp3) is 0.545. The van der Waals surface area contributed by atoms with Crippen LogP contribution in [0.5, 0.6) is 0 Å². The molecule has 8 heteroatoms. The molecule has 2 rings (SSSR count). The molecule has 3 N–H and O–H groups in total. The lowest BCUT2D eigenvalue weighted by Crippen LogP contribution is -2.41. The van der Waals surface area contributed by atoms with Gasteiger partial charge in [-0.3, -0.25) is 9.69 Å². The van der Waals surface area contributed by atoms with Crippen LogP contribution in [0.4, 0.5) is 0 Å². The summed E-state index contributed by atoms with van der Waals surface area (Å²) in [7, 11) is 0. The van der Waals surface area contributed by atoms with Crippen LogP contribution in [0.2, 0.25) is 0 Å². The van der Waals surface area contributed by atoms with Gasteiger partial charge in [0, 0.05) is 26.2 Å². The quantitative estimate of drug-likeness (QED) is 0.643. The fourth-order valence-corrected chi connectivity index (χ4v) is 1.87. The van der Waals surface area contributed by atoms with Crippen LogP contribution in [0, 0.1) is 0 Å². The molecule has 1 aromatic heterocycles. The topological polar surface area (TPSA) is 108 Å². The number of aromatic carboxylic acids is 1. The van der Waals surface area contributed by atoms with Gasteiger partial charge in [-0.25, -0.2) is 9.78 Å². The molecule has 8 nitrogen and oxygen atoms in total. The highest BCUT2D eigenvalue weighted by atomic mass is 16.5. The van der Waals surface area contributed by atoms with Gasteiger partial charge in [0.15, 0.2) is 11.4 Å². The van der Waals surface area contributed by atoms with E-state index < -0.39 is 11.9 Å². The lowest BCUT2D eigenvalue weighted by Gasteiger charge is -2.26. The van der Waals surface area contributed by atoms with E-state index in [2.05, 4.69) is 20.2 Å². The lowest BCUT2D eigenvalue weighted by atomic mass is 10.3. The molecule has 1 aromatic rings. The third-order valence-electron chi connectivity index (χ3n) is 2.89. The molecule has 1 saturated heterocycles. The summed E-state index contributed by atoms with van der Waals surface area (Å²) in [5.41, 5.74) is -0.279. The summed E-state index contributed by atoms with van der Waals surface area (Å²) in [5.74, 6) is -1.68. The van der Waals surface area contributed by atoms with Crippen molar-refractivity contribution in [2.75, 3.05) is 39.4 Å². The Morgan fingerprint density at radius 1 is 1.47 bits per heavy atom. The minimum Gasteiger partial charge on any atom is -0.477 e. The van der Waals surface area contributed by atoms with E-state index >= 15 is 0 Å². The van der Waals surface area contributed by atoms with Crippen molar-refractivity contribution in [1.29, 1.82) is 0 Å². The molecule has 2 heterocycles. The largest absolute Gasteiger partial charge is 0.477 e. The first-order chi connectivity index (χ1) is 9.18. The predicted octanol–water partition coefficient (Wildman–Crippen LogP) is -0.830. The number of nitrogens with zero attached hydrogens (tertiary/aromatic N) is 2. The molecule has 0 aliphatic carbocycles. The molecule has 0 spiro atoms. The van der Waals surface area contributed by atoms with Gasteiger partial charge in [0.05, 0.1) is 19.5 Å². The molecule has 19 heavy (non-hydrogen) atoms. The predicted molar refractivity (Wildman–Crippen MR) is 65.1 cm³/mol. The zero-order chi connectivity index (χ0) is 13.7. The number of nitrogens with one attached hydrogen (secondary N) is 2. The first-order valence-electron chi connectivity index (χ1n) is 6.03. The standard InChI is InChI=1S/C11H16N4O4/c16-10(8-9(11(17)18)14-7-13-8)12-1-2-15-3-5-19-6-4-15/h7H,1-6H2,(H,12,16)(H,13,14)(H,17,18). The smallest absolute Gasteiger partial charge is 0.354 e. The monoisotopic (exact) mass is 268 g/mol. The number of aromatic nitrogens is 2. The third kappa shape index (κ3) is 3.52. The Morgan fingerprint density at radius 2 is 2.21 bits per heavy atom. The number of carbonyl (C=O) groups is 2. The van der Waals surface area contributed by atoms with Crippen molar-refractivity contribution in [2.24, 2.45) is 0 Å². The number of amides is 1. The van der Waals surface area contributed by atoms with Gasteiger partial charge in [-0.15, -0.1) is 0 Å². The van der Waals surface area contributed by atoms with E-state index in [0.717, 1.165) is 13.1 Å². The number of imidazole rings is 1. The summed E-state index contributed by atoms with van der Waals surface area (Å²) in [4.78, 5) is 30.9. The fourth-order valence-electron chi connectivity index (χ4n) is 1.87. The van der Waals surface area contributed by atoms with Gasteiger partial charge < -0.3 is 20.1 Å². The first-order valence-corrected chi connectivity index (χ1v) is 6.03. The number of H-pyrrole nitrogens is 1. The number of hydrogen-bond donors (Lipinski definition) is 3. The minimum atomic E-state index is -1.20. The average Bonchev–Trinajstić information content (AvgIpc) is 2.89. The highest BCUT2D eigenvalue weighted by molar-refractivity contribution is 6.02. The van der Waals surface area contributed by atoms with Crippen molar-refractivity contribution < 1.29 is 19.4 Å². The molecular weight excluding hydrogens is 252 g/mol. The molecular formula is C11H16N4O4. The van der Waals surface area contributed by atoms with Gasteiger partial charge in [-0.1, -0.05) is 0 Å². The minimum absolute atomic E-state index is 0.0884. The van der Waals surface area contributed by atoms with Crippen LogP contribution in [0.1, 0.15) is 21.0 Å².